The molecule has 0 fully saturated rings. The minimum atomic E-state index is -3.70. The molecule has 0 saturated carbocycles. The van der Waals surface area contributed by atoms with Crippen molar-refractivity contribution in [3.05, 3.63) is 39.6 Å². The van der Waals surface area contributed by atoms with Crippen LogP contribution < -0.4 is 10.1 Å². The normalized spacial score (nSPS) is 11.6. The SMILES string of the molecule is CCOc1ccc(NC(=O)c2cc(C)c(C)s2)cc1S(=O)(=O)N(C)C. The summed E-state index contributed by atoms with van der Waals surface area (Å²) in [5, 5.41) is 2.75. The molecular weight excluding hydrogens is 360 g/mol. The lowest BCUT2D eigenvalue weighted by molar-refractivity contribution is 0.103. The van der Waals surface area contributed by atoms with Crippen LogP contribution in [0.3, 0.4) is 0 Å². The number of thiophene rings is 1. The zero-order valence-electron chi connectivity index (χ0n) is 14.9. The van der Waals surface area contributed by atoms with Crippen LogP contribution in [0.15, 0.2) is 29.2 Å². The number of sulfonamides is 1. The Bertz CT molecular complexity index is 867. The van der Waals surface area contributed by atoms with E-state index >= 15 is 0 Å². The summed E-state index contributed by atoms with van der Waals surface area (Å²) >= 11 is 1.40. The van der Waals surface area contributed by atoms with Gasteiger partial charge in [-0.15, -0.1) is 11.3 Å². The summed E-state index contributed by atoms with van der Waals surface area (Å²) in [6, 6.07) is 6.43. The quantitative estimate of drug-likeness (QED) is 0.832. The lowest BCUT2D eigenvalue weighted by Gasteiger charge is -2.16. The van der Waals surface area contributed by atoms with Gasteiger partial charge >= 0.3 is 0 Å². The van der Waals surface area contributed by atoms with Gasteiger partial charge in [-0.05, 0) is 50.6 Å². The predicted molar refractivity (Wildman–Crippen MR) is 100 cm³/mol. The summed E-state index contributed by atoms with van der Waals surface area (Å²) in [5.41, 5.74) is 1.45. The third-order valence-electron chi connectivity index (χ3n) is 3.65. The first-order chi connectivity index (χ1) is 11.7. The van der Waals surface area contributed by atoms with E-state index in [1.54, 1.807) is 19.1 Å². The molecule has 6 nitrogen and oxygen atoms in total. The molecule has 0 bridgehead atoms. The van der Waals surface area contributed by atoms with Crippen LogP contribution in [0, 0.1) is 13.8 Å². The second-order valence-corrected chi connectivity index (χ2v) is 9.06. The average molecular weight is 383 g/mol. The fourth-order valence-electron chi connectivity index (χ4n) is 2.14. The van der Waals surface area contributed by atoms with Crippen LogP contribution in [0.4, 0.5) is 5.69 Å². The monoisotopic (exact) mass is 382 g/mol. The standard InChI is InChI=1S/C17H22N2O4S2/c1-6-23-14-8-7-13(10-16(14)25(21,22)19(4)5)18-17(20)15-9-11(2)12(3)24-15/h7-10H,6H2,1-5H3,(H,18,20). The van der Waals surface area contributed by atoms with Crippen LogP contribution in [0.25, 0.3) is 0 Å². The van der Waals surface area contributed by atoms with Gasteiger partial charge in [-0.3, -0.25) is 4.79 Å². The number of hydrogen-bond donors (Lipinski definition) is 1. The lowest BCUT2D eigenvalue weighted by Crippen LogP contribution is -2.23. The highest BCUT2D eigenvalue weighted by atomic mass is 32.2. The first-order valence-corrected chi connectivity index (χ1v) is 10.00. The van der Waals surface area contributed by atoms with E-state index in [4.69, 9.17) is 4.74 Å². The molecule has 0 saturated heterocycles. The number of ether oxygens (including phenoxy) is 1. The van der Waals surface area contributed by atoms with Crippen molar-refractivity contribution in [2.45, 2.75) is 25.7 Å². The van der Waals surface area contributed by atoms with Crippen molar-refractivity contribution in [1.82, 2.24) is 4.31 Å². The Labute approximate surface area is 152 Å². The van der Waals surface area contributed by atoms with Crippen molar-refractivity contribution in [1.29, 1.82) is 0 Å². The number of amides is 1. The van der Waals surface area contributed by atoms with Crippen molar-refractivity contribution in [3.63, 3.8) is 0 Å². The molecule has 1 amide bonds. The maximum absolute atomic E-state index is 12.5. The average Bonchev–Trinajstić information content (AvgIpc) is 2.88. The van der Waals surface area contributed by atoms with Gasteiger partial charge in [0.2, 0.25) is 10.0 Å². The molecule has 1 heterocycles. The van der Waals surface area contributed by atoms with Crippen LogP contribution >= 0.6 is 11.3 Å². The lowest BCUT2D eigenvalue weighted by atomic mass is 10.2. The van der Waals surface area contributed by atoms with Gasteiger partial charge in [0.1, 0.15) is 10.6 Å². The minimum absolute atomic E-state index is 0.0238. The molecule has 2 rings (SSSR count). The second kappa shape index (κ2) is 7.55. The smallest absolute Gasteiger partial charge is 0.265 e. The van der Waals surface area contributed by atoms with E-state index in [2.05, 4.69) is 5.32 Å². The minimum Gasteiger partial charge on any atom is -0.492 e. The van der Waals surface area contributed by atoms with Crippen molar-refractivity contribution >= 4 is 33.0 Å². The number of carbonyl (C=O) groups is 1. The highest BCUT2D eigenvalue weighted by molar-refractivity contribution is 7.89. The van der Waals surface area contributed by atoms with Crippen molar-refractivity contribution < 1.29 is 17.9 Å². The van der Waals surface area contributed by atoms with Crippen LogP contribution in [0.1, 0.15) is 27.0 Å². The Morgan fingerprint density at radius 2 is 1.92 bits per heavy atom. The molecule has 8 heteroatoms. The summed E-state index contributed by atoms with van der Waals surface area (Å²) in [4.78, 5) is 14.1. The van der Waals surface area contributed by atoms with Crippen molar-refractivity contribution in [2.24, 2.45) is 0 Å². The summed E-state index contributed by atoms with van der Waals surface area (Å²) in [6.45, 7) is 6.02. The topological polar surface area (TPSA) is 75.7 Å². The maximum Gasteiger partial charge on any atom is 0.265 e. The van der Waals surface area contributed by atoms with Gasteiger partial charge in [-0.25, -0.2) is 12.7 Å². The van der Waals surface area contributed by atoms with Gasteiger partial charge in [0.05, 0.1) is 11.5 Å². The van der Waals surface area contributed by atoms with Gasteiger partial charge in [-0.1, -0.05) is 0 Å². The molecule has 1 aromatic heterocycles. The van der Waals surface area contributed by atoms with E-state index in [0.29, 0.717) is 17.2 Å². The third kappa shape index (κ3) is 4.20. The van der Waals surface area contributed by atoms with E-state index in [0.717, 1.165) is 14.7 Å². The summed E-state index contributed by atoms with van der Waals surface area (Å²) < 4.78 is 31.6. The Morgan fingerprint density at radius 1 is 1.24 bits per heavy atom. The highest BCUT2D eigenvalue weighted by Gasteiger charge is 2.23. The van der Waals surface area contributed by atoms with E-state index in [1.807, 2.05) is 19.9 Å². The fraction of sp³-hybridized carbons (Fsp3) is 0.353. The molecular formula is C17H22N2O4S2. The molecule has 0 aliphatic heterocycles. The number of nitrogens with one attached hydrogen (secondary N) is 1. The second-order valence-electron chi connectivity index (χ2n) is 5.69. The third-order valence-corrected chi connectivity index (χ3v) is 6.64. The summed E-state index contributed by atoms with van der Waals surface area (Å²) in [5.74, 6) is -0.00410. The largest absolute Gasteiger partial charge is 0.492 e. The van der Waals surface area contributed by atoms with E-state index in [9.17, 15) is 13.2 Å². The van der Waals surface area contributed by atoms with Gasteiger partial charge in [-0.2, -0.15) is 0 Å². The number of hydrogen-bond acceptors (Lipinski definition) is 5. The first kappa shape index (κ1) is 19.4. The fourth-order valence-corrected chi connectivity index (χ4v) is 4.12. The molecule has 0 atom stereocenters. The van der Waals surface area contributed by atoms with Crippen LogP contribution in [-0.4, -0.2) is 39.3 Å². The van der Waals surface area contributed by atoms with Crippen LogP contribution in [0.5, 0.6) is 5.75 Å². The maximum atomic E-state index is 12.5. The van der Waals surface area contributed by atoms with E-state index in [1.165, 1.54) is 31.5 Å². The zero-order valence-corrected chi connectivity index (χ0v) is 16.5. The number of anilines is 1. The van der Waals surface area contributed by atoms with Crippen LogP contribution in [-0.2, 0) is 10.0 Å². The molecule has 0 aliphatic rings. The zero-order chi connectivity index (χ0) is 18.8. The molecule has 0 spiro atoms. The van der Waals surface area contributed by atoms with Gasteiger partial charge in [0.15, 0.2) is 0 Å². The highest BCUT2D eigenvalue weighted by Crippen LogP contribution is 2.30. The van der Waals surface area contributed by atoms with Crippen LogP contribution in [0.2, 0.25) is 0 Å². The van der Waals surface area contributed by atoms with E-state index < -0.39 is 10.0 Å². The Hall–Kier alpha value is -1.90. The molecule has 0 radical (unpaired) electrons. The number of carbonyl (C=O) groups excluding carboxylic acids is 1. The number of benzene rings is 1. The number of rotatable bonds is 6. The summed E-state index contributed by atoms with van der Waals surface area (Å²) in [6.07, 6.45) is 0. The molecule has 25 heavy (non-hydrogen) atoms. The first-order valence-electron chi connectivity index (χ1n) is 7.74. The number of aryl methyl sites for hydroxylation is 2. The molecule has 1 aromatic carbocycles. The van der Waals surface area contributed by atoms with E-state index in [-0.39, 0.29) is 16.6 Å². The Kier molecular flexibility index (Phi) is 5.87. The molecule has 136 valence electrons. The molecule has 0 unspecified atom stereocenters. The van der Waals surface area contributed by atoms with Gasteiger partial charge in [0.25, 0.3) is 5.91 Å². The Morgan fingerprint density at radius 3 is 2.44 bits per heavy atom. The molecule has 0 aliphatic carbocycles. The van der Waals surface area contributed by atoms with Crippen molar-refractivity contribution in [3.8, 4) is 5.75 Å². The van der Waals surface area contributed by atoms with Gasteiger partial charge in [0, 0.05) is 24.7 Å². The number of nitrogens with zero attached hydrogens (tertiary/aromatic N) is 1. The Balaban J connectivity index is 2.38. The summed E-state index contributed by atoms with van der Waals surface area (Å²) in [7, 11) is -0.792. The van der Waals surface area contributed by atoms with Crippen molar-refractivity contribution in [2.75, 3.05) is 26.0 Å². The molecule has 1 N–H and O–H groups in total. The predicted octanol–water partition coefficient (Wildman–Crippen LogP) is 3.27. The molecule has 2 aromatic rings. The van der Waals surface area contributed by atoms with Gasteiger partial charge < -0.3 is 10.1 Å².